The average molecular weight is 304 g/mol. The lowest BCUT2D eigenvalue weighted by Crippen LogP contribution is -3.19. The number of ether oxygens (including phenoxy) is 1. The van der Waals surface area contributed by atoms with E-state index >= 15 is 0 Å². The number of para-hydroxylation sites is 2. The van der Waals surface area contributed by atoms with Gasteiger partial charge in [-0.15, -0.1) is 0 Å². The predicted molar refractivity (Wildman–Crippen MR) is 82.1 cm³/mol. The standard InChI is InChI=1S/C16H21N3O3/c1-17-15(20)11-13(16(17)21)19-9-7-18(8-10-19)12-5-3-4-6-14(12)22-2/h3-6,13H,7-11H2,1-2H3/p+1/t13-/m0/s1. The number of carbonyl (C=O) groups is 2. The number of nitrogens with one attached hydrogen (secondary N) is 1. The van der Waals surface area contributed by atoms with E-state index in [1.54, 1.807) is 14.2 Å². The molecule has 22 heavy (non-hydrogen) atoms. The highest BCUT2D eigenvalue weighted by atomic mass is 16.5. The van der Waals surface area contributed by atoms with Gasteiger partial charge in [-0.25, -0.2) is 0 Å². The van der Waals surface area contributed by atoms with Crippen molar-refractivity contribution in [3.05, 3.63) is 24.3 Å². The molecule has 2 fully saturated rings. The third kappa shape index (κ3) is 2.54. The zero-order chi connectivity index (χ0) is 15.7. The van der Waals surface area contributed by atoms with Crippen molar-refractivity contribution in [1.29, 1.82) is 0 Å². The van der Waals surface area contributed by atoms with E-state index in [4.69, 9.17) is 4.74 Å². The molecule has 6 heteroatoms. The van der Waals surface area contributed by atoms with E-state index in [1.165, 1.54) is 9.80 Å². The molecule has 1 aromatic rings. The van der Waals surface area contributed by atoms with Crippen LogP contribution in [-0.2, 0) is 9.59 Å². The monoisotopic (exact) mass is 304 g/mol. The van der Waals surface area contributed by atoms with Gasteiger partial charge < -0.3 is 14.5 Å². The number of imide groups is 1. The summed E-state index contributed by atoms with van der Waals surface area (Å²) in [5.74, 6) is 0.776. The topological polar surface area (TPSA) is 54.3 Å². The van der Waals surface area contributed by atoms with Crippen LogP contribution in [0.25, 0.3) is 0 Å². The fourth-order valence-corrected chi connectivity index (χ4v) is 3.35. The molecule has 0 saturated carbocycles. The number of methoxy groups -OCH3 is 1. The first-order chi connectivity index (χ1) is 10.6. The molecular formula is C16H22N3O3+. The van der Waals surface area contributed by atoms with Crippen LogP contribution in [0.1, 0.15) is 6.42 Å². The normalized spacial score (nSPS) is 23.3. The SMILES string of the molecule is COc1ccccc1N1CC[NH+]([C@H]2CC(=O)N(C)C2=O)CC1. The van der Waals surface area contributed by atoms with Crippen molar-refractivity contribution in [2.45, 2.75) is 12.5 Å². The number of hydrogen-bond donors (Lipinski definition) is 1. The first-order valence-electron chi connectivity index (χ1n) is 7.64. The van der Waals surface area contributed by atoms with Crippen LogP contribution in [0.3, 0.4) is 0 Å². The molecule has 0 bridgehead atoms. The molecular weight excluding hydrogens is 282 g/mol. The minimum absolute atomic E-state index is 0.0364. The van der Waals surface area contributed by atoms with Crippen LogP contribution in [0.15, 0.2) is 24.3 Å². The molecule has 2 amide bonds. The van der Waals surface area contributed by atoms with E-state index in [1.807, 2.05) is 18.2 Å². The molecule has 2 heterocycles. The molecule has 0 unspecified atom stereocenters. The Labute approximate surface area is 130 Å². The zero-order valence-corrected chi connectivity index (χ0v) is 13.0. The van der Waals surface area contributed by atoms with Crippen molar-refractivity contribution in [3.63, 3.8) is 0 Å². The Balaban J connectivity index is 1.66. The number of hydrogen-bond acceptors (Lipinski definition) is 4. The molecule has 1 aromatic carbocycles. The Morgan fingerprint density at radius 1 is 1.18 bits per heavy atom. The van der Waals surface area contributed by atoms with Gasteiger partial charge in [-0.2, -0.15) is 0 Å². The van der Waals surface area contributed by atoms with Crippen LogP contribution in [0.5, 0.6) is 5.75 Å². The van der Waals surface area contributed by atoms with Gasteiger partial charge in [-0.1, -0.05) is 12.1 Å². The molecule has 0 aliphatic carbocycles. The van der Waals surface area contributed by atoms with Crippen LogP contribution >= 0.6 is 0 Å². The molecule has 2 aliphatic rings. The van der Waals surface area contributed by atoms with Gasteiger partial charge in [0.15, 0.2) is 6.04 Å². The summed E-state index contributed by atoms with van der Waals surface area (Å²) in [5, 5.41) is 0. The molecule has 0 spiro atoms. The van der Waals surface area contributed by atoms with Gasteiger partial charge in [0, 0.05) is 7.05 Å². The van der Waals surface area contributed by atoms with Crippen molar-refractivity contribution in [1.82, 2.24) is 4.90 Å². The van der Waals surface area contributed by atoms with Crippen LogP contribution < -0.4 is 14.5 Å². The molecule has 2 saturated heterocycles. The van der Waals surface area contributed by atoms with Crippen molar-refractivity contribution >= 4 is 17.5 Å². The van der Waals surface area contributed by atoms with Crippen LogP contribution in [0.2, 0.25) is 0 Å². The number of nitrogens with zero attached hydrogens (tertiary/aromatic N) is 2. The van der Waals surface area contributed by atoms with E-state index in [-0.39, 0.29) is 17.9 Å². The Morgan fingerprint density at radius 3 is 2.45 bits per heavy atom. The minimum atomic E-state index is -0.197. The van der Waals surface area contributed by atoms with Crippen molar-refractivity contribution < 1.29 is 19.2 Å². The summed E-state index contributed by atoms with van der Waals surface area (Å²) >= 11 is 0. The van der Waals surface area contributed by atoms with Gasteiger partial charge in [-0.05, 0) is 12.1 Å². The molecule has 6 nitrogen and oxygen atoms in total. The molecule has 118 valence electrons. The Kier molecular flexibility index (Phi) is 4.02. The van der Waals surface area contributed by atoms with Crippen LogP contribution in [0, 0.1) is 0 Å². The van der Waals surface area contributed by atoms with E-state index < -0.39 is 0 Å². The number of piperazine rings is 1. The largest absolute Gasteiger partial charge is 0.495 e. The zero-order valence-electron chi connectivity index (χ0n) is 13.0. The maximum atomic E-state index is 12.1. The first kappa shape index (κ1) is 14.8. The van der Waals surface area contributed by atoms with E-state index in [0.29, 0.717) is 6.42 Å². The third-order valence-electron chi connectivity index (χ3n) is 4.71. The minimum Gasteiger partial charge on any atom is -0.495 e. The Bertz CT molecular complexity index is 582. The van der Waals surface area contributed by atoms with E-state index in [2.05, 4.69) is 11.0 Å². The summed E-state index contributed by atoms with van der Waals surface area (Å²) in [7, 11) is 3.26. The molecule has 0 aromatic heterocycles. The van der Waals surface area contributed by atoms with Gasteiger partial charge in [0.2, 0.25) is 5.91 Å². The summed E-state index contributed by atoms with van der Waals surface area (Å²) in [6.45, 7) is 3.43. The van der Waals surface area contributed by atoms with Crippen molar-refractivity contribution in [3.8, 4) is 5.75 Å². The fourth-order valence-electron chi connectivity index (χ4n) is 3.35. The summed E-state index contributed by atoms with van der Waals surface area (Å²) in [6.07, 6.45) is 0.347. The molecule has 1 atom stereocenters. The number of anilines is 1. The van der Waals surface area contributed by atoms with E-state index in [9.17, 15) is 9.59 Å². The van der Waals surface area contributed by atoms with Gasteiger partial charge >= 0.3 is 0 Å². The predicted octanol–water partition coefficient (Wildman–Crippen LogP) is -0.843. The second-order valence-electron chi connectivity index (χ2n) is 5.86. The highest BCUT2D eigenvalue weighted by Crippen LogP contribution is 2.27. The fraction of sp³-hybridized carbons (Fsp3) is 0.500. The Morgan fingerprint density at radius 2 is 1.86 bits per heavy atom. The maximum Gasteiger partial charge on any atom is 0.287 e. The average Bonchev–Trinajstić information content (AvgIpc) is 2.82. The molecule has 3 rings (SSSR count). The lowest BCUT2D eigenvalue weighted by Gasteiger charge is -2.36. The summed E-state index contributed by atoms with van der Waals surface area (Å²) < 4.78 is 5.42. The second kappa shape index (κ2) is 5.96. The second-order valence-corrected chi connectivity index (χ2v) is 5.86. The Hall–Kier alpha value is -2.08. The third-order valence-corrected chi connectivity index (χ3v) is 4.71. The highest BCUT2D eigenvalue weighted by molar-refractivity contribution is 6.04. The smallest absolute Gasteiger partial charge is 0.287 e. The van der Waals surface area contributed by atoms with Crippen molar-refractivity contribution in [2.75, 3.05) is 45.2 Å². The number of quaternary nitrogens is 1. The number of likely N-dealkylation sites (tertiary alicyclic amines) is 1. The lowest BCUT2D eigenvalue weighted by molar-refractivity contribution is -0.915. The number of benzene rings is 1. The molecule has 2 aliphatic heterocycles. The van der Waals surface area contributed by atoms with Crippen LogP contribution in [0.4, 0.5) is 5.69 Å². The number of carbonyl (C=O) groups excluding carboxylic acids is 2. The van der Waals surface area contributed by atoms with Gasteiger partial charge in [0.1, 0.15) is 5.75 Å². The molecule has 0 radical (unpaired) electrons. The highest BCUT2D eigenvalue weighted by Gasteiger charge is 2.43. The van der Waals surface area contributed by atoms with Crippen molar-refractivity contribution in [2.24, 2.45) is 0 Å². The van der Waals surface area contributed by atoms with E-state index in [0.717, 1.165) is 37.6 Å². The molecule has 1 N–H and O–H groups in total. The van der Waals surface area contributed by atoms with Gasteiger partial charge in [0.05, 0.1) is 45.4 Å². The first-order valence-corrected chi connectivity index (χ1v) is 7.64. The summed E-state index contributed by atoms with van der Waals surface area (Å²) in [4.78, 5) is 28.6. The van der Waals surface area contributed by atoms with Crippen LogP contribution in [-0.4, -0.2) is 63.1 Å². The number of likely N-dealkylation sites (N-methyl/N-ethyl adjacent to an activating group) is 1. The summed E-state index contributed by atoms with van der Waals surface area (Å²) in [5.41, 5.74) is 1.09. The number of amides is 2. The quantitative estimate of drug-likeness (QED) is 0.740. The van der Waals surface area contributed by atoms with Gasteiger partial charge in [0.25, 0.3) is 5.91 Å². The summed E-state index contributed by atoms with van der Waals surface area (Å²) in [6, 6.07) is 7.79. The lowest BCUT2D eigenvalue weighted by atomic mass is 10.1. The van der Waals surface area contributed by atoms with Gasteiger partial charge in [-0.3, -0.25) is 14.5 Å². The number of rotatable bonds is 3. The maximum absolute atomic E-state index is 12.1.